The van der Waals surface area contributed by atoms with Crippen LogP contribution in [0.15, 0.2) is 42.6 Å². The van der Waals surface area contributed by atoms with E-state index in [1.807, 2.05) is 6.07 Å². The summed E-state index contributed by atoms with van der Waals surface area (Å²) in [5.74, 6) is 1.16. The quantitative estimate of drug-likeness (QED) is 0.907. The molecule has 1 aliphatic heterocycles. The van der Waals surface area contributed by atoms with Crippen LogP contribution in [0.4, 0.5) is 11.5 Å². The maximum Gasteiger partial charge on any atom is 0.259 e. The third-order valence-corrected chi connectivity index (χ3v) is 4.10. The van der Waals surface area contributed by atoms with Crippen molar-refractivity contribution in [1.82, 2.24) is 4.98 Å². The summed E-state index contributed by atoms with van der Waals surface area (Å²) in [7, 11) is 0. The molecule has 0 radical (unpaired) electrons. The summed E-state index contributed by atoms with van der Waals surface area (Å²) < 4.78 is 5.21. The van der Waals surface area contributed by atoms with Crippen molar-refractivity contribution in [1.29, 1.82) is 5.26 Å². The molecule has 1 saturated heterocycles. The summed E-state index contributed by atoms with van der Waals surface area (Å²) in [6, 6.07) is 12.5. The molecule has 25 heavy (non-hydrogen) atoms. The molecule has 0 saturated carbocycles. The van der Waals surface area contributed by atoms with E-state index in [4.69, 9.17) is 10.00 Å². The van der Waals surface area contributed by atoms with Gasteiger partial charge in [0.15, 0.2) is 6.61 Å². The molecule has 3 rings (SSSR count). The minimum Gasteiger partial charge on any atom is -0.479 e. The molecule has 0 unspecified atom stereocenters. The minimum atomic E-state index is -0.181. The largest absolute Gasteiger partial charge is 0.479 e. The Morgan fingerprint density at radius 2 is 1.96 bits per heavy atom. The number of hydrogen-bond acceptors (Lipinski definition) is 5. The lowest BCUT2D eigenvalue weighted by atomic mass is 10.1. The van der Waals surface area contributed by atoms with Gasteiger partial charge >= 0.3 is 0 Å². The van der Waals surface area contributed by atoms with Crippen LogP contribution in [0.2, 0.25) is 0 Å². The first-order valence-corrected chi connectivity index (χ1v) is 8.39. The molecule has 1 amide bonds. The van der Waals surface area contributed by atoms with E-state index in [0.717, 1.165) is 31.7 Å². The Morgan fingerprint density at radius 1 is 1.20 bits per heavy atom. The smallest absolute Gasteiger partial charge is 0.259 e. The van der Waals surface area contributed by atoms with Gasteiger partial charge in [-0.1, -0.05) is 0 Å². The zero-order valence-corrected chi connectivity index (χ0v) is 13.9. The average molecular weight is 336 g/mol. The number of anilines is 2. The highest BCUT2D eigenvalue weighted by molar-refractivity contribution is 6.07. The molecule has 1 fully saturated rings. The molecular formula is C19H20N4O2. The summed E-state index contributed by atoms with van der Waals surface area (Å²) in [5, 5.41) is 11.4. The number of nitrogens with zero attached hydrogens (tertiary/aromatic N) is 3. The van der Waals surface area contributed by atoms with Gasteiger partial charge in [-0.25, -0.2) is 4.98 Å². The van der Waals surface area contributed by atoms with Gasteiger partial charge in [0.1, 0.15) is 17.6 Å². The van der Waals surface area contributed by atoms with Crippen LogP contribution in [0.5, 0.6) is 5.75 Å². The van der Waals surface area contributed by atoms with Crippen molar-refractivity contribution >= 4 is 17.4 Å². The number of hydrogen-bond donors (Lipinski definition) is 1. The number of amides is 1. The van der Waals surface area contributed by atoms with Crippen LogP contribution in [-0.4, -0.2) is 30.6 Å². The highest BCUT2D eigenvalue weighted by Crippen LogP contribution is 2.23. The third kappa shape index (κ3) is 4.27. The SMILES string of the molecule is N#CCOc1ccc(NC(=O)c2cccnc2N2CCCCC2)cc1. The molecule has 0 spiro atoms. The number of piperidine rings is 1. The maximum atomic E-state index is 12.7. The second kappa shape index (κ2) is 8.15. The zero-order valence-electron chi connectivity index (χ0n) is 13.9. The van der Waals surface area contributed by atoms with Crippen molar-refractivity contribution in [3.8, 4) is 11.8 Å². The van der Waals surface area contributed by atoms with Crippen molar-refractivity contribution in [2.75, 3.05) is 29.9 Å². The van der Waals surface area contributed by atoms with Gasteiger partial charge in [-0.05, 0) is 55.7 Å². The summed E-state index contributed by atoms with van der Waals surface area (Å²) >= 11 is 0. The molecule has 0 aliphatic carbocycles. The third-order valence-electron chi connectivity index (χ3n) is 4.10. The molecule has 1 N–H and O–H groups in total. The predicted octanol–water partition coefficient (Wildman–Crippen LogP) is 3.23. The molecule has 6 nitrogen and oxygen atoms in total. The molecule has 128 valence electrons. The van der Waals surface area contributed by atoms with Crippen LogP contribution in [0.25, 0.3) is 0 Å². The topological polar surface area (TPSA) is 78.2 Å². The van der Waals surface area contributed by atoms with Crippen LogP contribution in [0.3, 0.4) is 0 Å². The number of nitrogens with one attached hydrogen (secondary N) is 1. The molecule has 1 aromatic carbocycles. The van der Waals surface area contributed by atoms with Gasteiger partial charge in [-0.15, -0.1) is 0 Å². The number of nitriles is 1. The van der Waals surface area contributed by atoms with Crippen molar-refractivity contribution in [2.24, 2.45) is 0 Å². The van der Waals surface area contributed by atoms with Crippen molar-refractivity contribution < 1.29 is 9.53 Å². The molecule has 0 bridgehead atoms. The number of pyridine rings is 1. The van der Waals surface area contributed by atoms with Gasteiger partial charge in [-0.2, -0.15) is 5.26 Å². The standard InChI is InChI=1S/C19H20N4O2/c20-10-14-25-16-8-6-15(7-9-16)22-19(24)17-5-4-11-21-18(17)23-12-2-1-3-13-23/h4-9,11H,1-3,12-14H2,(H,22,24). The van der Waals surface area contributed by atoms with E-state index < -0.39 is 0 Å². The number of rotatable bonds is 5. The minimum absolute atomic E-state index is 0.000581. The second-order valence-electron chi connectivity index (χ2n) is 5.85. The van der Waals surface area contributed by atoms with E-state index in [-0.39, 0.29) is 12.5 Å². The first kappa shape index (κ1) is 16.8. The molecule has 6 heteroatoms. The Balaban J connectivity index is 1.72. The van der Waals surface area contributed by atoms with E-state index in [9.17, 15) is 4.79 Å². The van der Waals surface area contributed by atoms with Crippen molar-refractivity contribution in [2.45, 2.75) is 19.3 Å². The molecule has 1 aliphatic rings. The lowest BCUT2D eigenvalue weighted by Crippen LogP contribution is -2.32. The number of carbonyl (C=O) groups excluding carboxylic acids is 1. The fourth-order valence-corrected chi connectivity index (χ4v) is 2.88. The Bertz CT molecular complexity index is 762. The van der Waals surface area contributed by atoms with Gasteiger partial charge in [-0.3, -0.25) is 4.79 Å². The van der Waals surface area contributed by atoms with Crippen LogP contribution in [0.1, 0.15) is 29.6 Å². The Kier molecular flexibility index (Phi) is 5.47. The number of aromatic nitrogens is 1. The fourth-order valence-electron chi connectivity index (χ4n) is 2.88. The lowest BCUT2D eigenvalue weighted by molar-refractivity contribution is 0.102. The highest BCUT2D eigenvalue weighted by atomic mass is 16.5. The van der Waals surface area contributed by atoms with Crippen LogP contribution in [-0.2, 0) is 0 Å². The first-order valence-electron chi connectivity index (χ1n) is 8.39. The molecule has 1 aromatic heterocycles. The Morgan fingerprint density at radius 3 is 2.68 bits per heavy atom. The van der Waals surface area contributed by atoms with E-state index in [0.29, 0.717) is 17.0 Å². The van der Waals surface area contributed by atoms with Gasteiger partial charge in [0.2, 0.25) is 0 Å². The fraction of sp³-hybridized carbons (Fsp3) is 0.316. The lowest BCUT2D eigenvalue weighted by Gasteiger charge is -2.29. The van der Waals surface area contributed by atoms with Gasteiger partial charge < -0.3 is 15.0 Å². The second-order valence-corrected chi connectivity index (χ2v) is 5.85. The van der Waals surface area contributed by atoms with E-state index in [2.05, 4.69) is 15.2 Å². The molecular weight excluding hydrogens is 316 g/mol. The van der Waals surface area contributed by atoms with Gasteiger partial charge in [0, 0.05) is 25.0 Å². The van der Waals surface area contributed by atoms with Crippen molar-refractivity contribution in [3.63, 3.8) is 0 Å². The molecule has 0 atom stereocenters. The summed E-state index contributed by atoms with van der Waals surface area (Å²) in [6.45, 7) is 1.87. The molecule has 2 heterocycles. The average Bonchev–Trinajstić information content (AvgIpc) is 2.68. The Labute approximate surface area is 147 Å². The Hall–Kier alpha value is -3.07. The van der Waals surface area contributed by atoms with E-state index >= 15 is 0 Å². The van der Waals surface area contributed by atoms with Gasteiger partial charge in [0.25, 0.3) is 5.91 Å². The van der Waals surface area contributed by atoms with Crippen LogP contribution >= 0.6 is 0 Å². The predicted molar refractivity (Wildman–Crippen MR) is 95.8 cm³/mol. The maximum absolute atomic E-state index is 12.7. The van der Waals surface area contributed by atoms with Crippen molar-refractivity contribution in [3.05, 3.63) is 48.2 Å². The first-order chi connectivity index (χ1) is 12.3. The highest BCUT2D eigenvalue weighted by Gasteiger charge is 2.19. The summed E-state index contributed by atoms with van der Waals surface area (Å²) in [5.41, 5.74) is 1.25. The normalized spacial score (nSPS) is 13.8. The zero-order chi connectivity index (χ0) is 17.5. The van der Waals surface area contributed by atoms with Gasteiger partial charge in [0.05, 0.1) is 5.56 Å². The van der Waals surface area contributed by atoms with E-state index in [1.54, 1.807) is 42.6 Å². The number of ether oxygens (including phenoxy) is 1. The summed E-state index contributed by atoms with van der Waals surface area (Å²) in [6.07, 6.45) is 5.21. The number of benzene rings is 1. The van der Waals surface area contributed by atoms with E-state index in [1.165, 1.54) is 6.42 Å². The molecule has 2 aromatic rings. The van der Waals surface area contributed by atoms with Crippen LogP contribution in [0, 0.1) is 11.3 Å². The summed E-state index contributed by atoms with van der Waals surface area (Å²) in [4.78, 5) is 19.3. The van der Waals surface area contributed by atoms with Crippen LogP contribution < -0.4 is 15.0 Å². The monoisotopic (exact) mass is 336 g/mol. The number of carbonyl (C=O) groups is 1.